The number of carbonyl (C=O) groups excluding carboxylic acids is 1. The average Bonchev–Trinajstić information content (AvgIpc) is 2.89. The Morgan fingerprint density at radius 1 is 1.35 bits per heavy atom. The van der Waals surface area contributed by atoms with E-state index in [1.54, 1.807) is 0 Å². The highest BCUT2D eigenvalue weighted by Crippen LogP contribution is 2.31. The molecule has 0 spiro atoms. The van der Waals surface area contributed by atoms with Crippen LogP contribution in [0.4, 0.5) is 0 Å². The zero-order valence-corrected chi connectivity index (χ0v) is 12.2. The van der Waals surface area contributed by atoms with E-state index in [1.165, 1.54) is 30.4 Å². The number of carbonyl (C=O) groups is 1. The first-order chi connectivity index (χ1) is 9.75. The van der Waals surface area contributed by atoms with E-state index < -0.39 is 0 Å². The van der Waals surface area contributed by atoms with Gasteiger partial charge in [0.05, 0.1) is 5.92 Å². The lowest BCUT2D eigenvalue weighted by Gasteiger charge is -2.26. The largest absolute Gasteiger partial charge is 0.355 e. The molecular formula is C17H24N2O. The number of amides is 1. The van der Waals surface area contributed by atoms with Gasteiger partial charge >= 0.3 is 0 Å². The normalized spacial score (nSPS) is 28.9. The van der Waals surface area contributed by atoms with Crippen LogP contribution in [-0.2, 0) is 11.3 Å². The molecule has 20 heavy (non-hydrogen) atoms. The molecular weight excluding hydrogens is 248 g/mol. The molecule has 1 amide bonds. The predicted molar refractivity (Wildman–Crippen MR) is 80.4 cm³/mol. The summed E-state index contributed by atoms with van der Waals surface area (Å²) >= 11 is 0. The lowest BCUT2D eigenvalue weighted by atomic mass is 9.90. The summed E-state index contributed by atoms with van der Waals surface area (Å²) in [7, 11) is 0. The van der Waals surface area contributed by atoms with Crippen LogP contribution in [-0.4, -0.2) is 19.0 Å². The van der Waals surface area contributed by atoms with E-state index in [1.807, 2.05) is 12.1 Å². The van der Waals surface area contributed by atoms with Gasteiger partial charge in [0, 0.05) is 19.6 Å². The fourth-order valence-corrected chi connectivity index (χ4v) is 3.61. The molecule has 1 aliphatic heterocycles. The van der Waals surface area contributed by atoms with Crippen LogP contribution in [0.1, 0.15) is 43.2 Å². The van der Waals surface area contributed by atoms with Crippen molar-refractivity contribution in [2.45, 2.75) is 38.6 Å². The summed E-state index contributed by atoms with van der Waals surface area (Å²) in [5.41, 5.74) is 2.45. The van der Waals surface area contributed by atoms with Gasteiger partial charge in [0.1, 0.15) is 0 Å². The average molecular weight is 272 g/mol. The maximum absolute atomic E-state index is 12.5. The topological polar surface area (TPSA) is 41.1 Å². The van der Waals surface area contributed by atoms with Crippen molar-refractivity contribution < 1.29 is 4.79 Å². The van der Waals surface area contributed by atoms with Gasteiger partial charge in [-0.05, 0) is 29.4 Å². The second kappa shape index (κ2) is 5.96. The molecule has 3 heteroatoms. The first-order valence-corrected chi connectivity index (χ1v) is 7.82. The van der Waals surface area contributed by atoms with Gasteiger partial charge in [0.2, 0.25) is 5.91 Å². The Balaban J connectivity index is 1.63. The third-order valence-electron chi connectivity index (χ3n) is 4.99. The van der Waals surface area contributed by atoms with Crippen LogP contribution >= 0.6 is 0 Å². The summed E-state index contributed by atoms with van der Waals surface area (Å²) in [6, 6.07) is 8.28. The van der Waals surface area contributed by atoms with Gasteiger partial charge in [0.25, 0.3) is 0 Å². The fraction of sp³-hybridized carbons (Fsp3) is 0.588. The number of fused-ring (bicyclic) bond motifs is 1. The number of nitrogens with one attached hydrogen (secondary N) is 2. The molecule has 3 nitrogen and oxygen atoms in total. The van der Waals surface area contributed by atoms with Gasteiger partial charge in [-0.15, -0.1) is 0 Å². The molecule has 2 aliphatic rings. The molecule has 3 unspecified atom stereocenters. The Bertz CT molecular complexity index is 486. The quantitative estimate of drug-likeness (QED) is 0.887. The molecule has 0 radical (unpaired) electrons. The minimum atomic E-state index is -0.0309. The highest BCUT2D eigenvalue weighted by molar-refractivity contribution is 5.84. The number of hydrogen-bond donors (Lipinski definition) is 2. The minimum Gasteiger partial charge on any atom is -0.355 e. The summed E-state index contributed by atoms with van der Waals surface area (Å²) in [5, 5.41) is 6.53. The predicted octanol–water partition coefficient (Wildman–Crippen LogP) is 2.43. The van der Waals surface area contributed by atoms with Crippen LogP contribution in [0.25, 0.3) is 0 Å². The Morgan fingerprint density at radius 2 is 2.20 bits per heavy atom. The molecule has 2 N–H and O–H groups in total. The maximum Gasteiger partial charge on any atom is 0.228 e. The smallest absolute Gasteiger partial charge is 0.228 e. The van der Waals surface area contributed by atoms with Crippen molar-refractivity contribution >= 4 is 5.91 Å². The molecule has 3 rings (SSSR count). The molecule has 3 atom stereocenters. The lowest BCUT2D eigenvalue weighted by Crippen LogP contribution is -2.40. The fourth-order valence-electron chi connectivity index (χ4n) is 3.61. The molecule has 1 aliphatic carbocycles. The number of rotatable bonds is 3. The van der Waals surface area contributed by atoms with Crippen LogP contribution in [0, 0.1) is 11.8 Å². The third-order valence-corrected chi connectivity index (χ3v) is 4.99. The number of hydrogen-bond acceptors (Lipinski definition) is 2. The van der Waals surface area contributed by atoms with Crippen molar-refractivity contribution in [1.82, 2.24) is 10.6 Å². The van der Waals surface area contributed by atoms with Gasteiger partial charge in [-0.25, -0.2) is 0 Å². The molecule has 1 aromatic rings. The van der Waals surface area contributed by atoms with Crippen molar-refractivity contribution in [3.8, 4) is 0 Å². The van der Waals surface area contributed by atoms with E-state index in [0.29, 0.717) is 5.92 Å². The molecule has 0 aromatic heterocycles. The monoisotopic (exact) mass is 272 g/mol. The SMILES string of the molecule is CC1CCCC1CNC(=O)C1CNCc2ccccc21. The van der Waals surface area contributed by atoms with Gasteiger partial charge in [-0.2, -0.15) is 0 Å². The second-order valence-electron chi connectivity index (χ2n) is 6.30. The molecule has 0 saturated heterocycles. The van der Waals surface area contributed by atoms with Gasteiger partial charge in [-0.3, -0.25) is 4.79 Å². The first-order valence-electron chi connectivity index (χ1n) is 7.82. The molecule has 108 valence electrons. The Morgan fingerprint density at radius 3 is 3.00 bits per heavy atom. The van der Waals surface area contributed by atoms with Crippen LogP contribution in [0.15, 0.2) is 24.3 Å². The standard InChI is InChI=1S/C17H24N2O/c1-12-5-4-7-13(12)10-19-17(20)16-11-18-9-14-6-2-3-8-15(14)16/h2-3,6,8,12-13,16,18H,4-5,7,9-11H2,1H3,(H,19,20). The first kappa shape index (κ1) is 13.6. The van der Waals surface area contributed by atoms with Crippen molar-refractivity contribution in [2.24, 2.45) is 11.8 Å². The van der Waals surface area contributed by atoms with Gasteiger partial charge in [0.15, 0.2) is 0 Å². The van der Waals surface area contributed by atoms with E-state index in [2.05, 4.69) is 29.7 Å². The van der Waals surface area contributed by atoms with Crippen molar-refractivity contribution in [2.75, 3.05) is 13.1 Å². The summed E-state index contributed by atoms with van der Waals surface area (Å²) in [6.07, 6.45) is 3.89. The molecule has 1 aromatic carbocycles. The highest BCUT2D eigenvalue weighted by atomic mass is 16.1. The zero-order chi connectivity index (χ0) is 13.9. The Labute approximate surface area is 121 Å². The maximum atomic E-state index is 12.5. The van der Waals surface area contributed by atoms with Gasteiger partial charge < -0.3 is 10.6 Å². The Kier molecular flexibility index (Phi) is 4.06. The van der Waals surface area contributed by atoms with Crippen molar-refractivity contribution in [3.63, 3.8) is 0 Å². The molecule has 1 saturated carbocycles. The van der Waals surface area contributed by atoms with Crippen LogP contribution < -0.4 is 10.6 Å². The third kappa shape index (κ3) is 2.73. The minimum absolute atomic E-state index is 0.0309. The van der Waals surface area contributed by atoms with E-state index in [9.17, 15) is 4.79 Å². The van der Waals surface area contributed by atoms with Crippen molar-refractivity contribution in [3.05, 3.63) is 35.4 Å². The van der Waals surface area contributed by atoms with E-state index in [4.69, 9.17) is 0 Å². The number of benzene rings is 1. The van der Waals surface area contributed by atoms with Crippen LogP contribution in [0.3, 0.4) is 0 Å². The van der Waals surface area contributed by atoms with Crippen LogP contribution in [0.2, 0.25) is 0 Å². The lowest BCUT2D eigenvalue weighted by molar-refractivity contribution is -0.122. The van der Waals surface area contributed by atoms with Crippen LogP contribution in [0.5, 0.6) is 0 Å². The zero-order valence-electron chi connectivity index (χ0n) is 12.2. The highest BCUT2D eigenvalue weighted by Gasteiger charge is 2.28. The van der Waals surface area contributed by atoms with E-state index in [-0.39, 0.29) is 11.8 Å². The molecule has 0 bridgehead atoms. The van der Waals surface area contributed by atoms with Crippen molar-refractivity contribution in [1.29, 1.82) is 0 Å². The summed E-state index contributed by atoms with van der Waals surface area (Å²) in [5.74, 6) is 1.58. The summed E-state index contributed by atoms with van der Waals surface area (Å²) in [6.45, 7) is 4.78. The summed E-state index contributed by atoms with van der Waals surface area (Å²) < 4.78 is 0. The van der Waals surface area contributed by atoms with E-state index >= 15 is 0 Å². The molecule has 1 fully saturated rings. The van der Waals surface area contributed by atoms with Gasteiger partial charge in [-0.1, -0.05) is 44.0 Å². The second-order valence-corrected chi connectivity index (χ2v) is 6.30. The van der Waals surface area contributed by atoms with E-state index in [0.717, 1.165) is 25.6 Å². The Hall–Kier alpha value is -1.35. The summed E-state index contributed by atoms with van der Waals surface area (Å²) in [4.78, 5) is 12.5. The molecule has 1 heterocycles.